The van der Waals surface area contributed by atoms with Gasteiger partial charge in [-0.05, 0) is 48.7 Å². The summed E-state index contributed by atoms with van der Waals surface area (Å²) >= 11 is 1.55. The molecule has 1 aromatic heterocycles. The Kier molecular flexibility index (Phi) is 4.56. The molecule has 0 aliphatic heterocycles. The number of hydrogen-bond donors (Lipinski definition) is 1. The summed E-state index contributed by atoms with van der Waals surface area (Å²) < 4.78 is 13.8. The lowest BCUT2D eigenvalue weighted by molar-refractivity contribution is 0.615. The Morgan fingerprint density at radius 3 is 2.63 bits per heavy atom. The molecule has 0 radical (unpaired) electrons. The van der Waals surface area contributed by atoms with Gasteiger partial charge in [-0.3, -0.25) is 0 Å². The second kappa shape index (κ2) is 6.17. The molecule has 0 fully saturated rings. The van der Waals surface area contributed by atoms with Crippen LogP contribution in [-0.4, -0.2) is 4.98 Å². The molecule has 0 spiro atoms. The number of nitrogens with two attached hydrogens (primary N) is 1. The summed E-state index contributed by atoms with van der Waals surface area (Å²) in [5.41, 5.74) is 9.15. The van der Waals surface area contributed by atoms with Crippen LogP contribution in [0.3, 0.4) is 0 Å². The topological polar surface area (TPSA) is 38.9 Å². The molecule has 0 saturated heterocycles. The number of nitrogens with zero attached hydrogens (tertiary/aromatic N) is 1. The van der Waals surface area contributed by atoms with Crippen molar-refractivity contribution in [2.24, 2.45) is 5.73 Å². The molecule has 1 aromatic carbocycles. The molecule has 100 valence electrons. The Morgan fingerprint density at radius 2 is 2.00 bits per heavy atom. The lowest BCUT2D eigenvalue weighted by Crippen LogP contribution is -1.98. The second-order valence-electron chi connectivity index (χ2n) is 4.54. The molecule has 4 heteroatoms. The molecule has 19 heavy (non-hydrogen) atoms. The maximum Gasteiger partial charge on any atom is 0.127 e. The quantitative estimate of drug-likeness (QED) is 0.867. The van der Waals surface area contributed by atoms with E-state index in [0.717, 1.165) is 16.3 Å². The van der Waals surface area contributed by atoms with Gasteiger partial charge in [0.2, 0.25) is 0 Å². The Labute approximate surface area is 117 Å². The second-order valence-corrected chi connectivity index (χ2v) is 5.54. The number of halogens is 1. The Morgan fingerprint density at radius 1 is 1.21 bits per heavy atom. The first kappa shape index (κ1) is 14.0. The first-order valence-corrected chi connectivity index (χ1v) is 7.12. The third kappa shape index (κ3) is 3.78. The fourth-order valence-corrected chi connectivity index (χ4v) is 2.88. The highest BCUT2D eigenvalue weighted by atomic mass is 32.2. The highest BCUT2D eigenvalue weighted by Crippen LogP contribution is 2.24. The molecule has 2 rings (SSSR count). The van der Waals surface area contributed by atoms with Crippen molar-refractivity contribution in [3.8, 4) is 0 Å². The first-order chi connectivity index (χ1) is 9.08. The Hall–Kier alpha value is -1.39. The van der Waals surface area contributed by atoms with Gasteiger partial charge in [-0.2, -0.15) is 0 Å². The van der Waals surface area contributed by atoms with Gasteiger partial charge in [-0.1, -0.05) is 12.1 Å². The standard InChI is InChI=1S/C15H17FN2S/c1-10-5-11(2)18-15(6-10)19-9-13-4-3-12(8-17)7-14(13)16/h3-7H,8-9,17H2,1-2H3. The van der Waals surface area contributed by atoms with Crippen LogP contribution in [0.25, 0.3) is 0 Å². The van der Waals surface area contributed by atoms with Gasteiger partial charge in [0.05, 0.1) is 5.03 Å². The number of aromatic nitrogens is 1. The summed E-state index contributed by atoms with van der Waals surface area (Å²) in [6, 6.07) is 9.22. The minimum Gasteiger partial charge on any atom is -0.326 e. The van der Waals surface area contributed by atoms with E-state index in [1.165, 1.54) is 11.6 Å². The third-order valence-corrected chi connectivity index (χ3v) is 3.76. The van der Waals surface area contributed by atoms with Crippen LogP contribution in [0.1, 0.15) is 22.4 Å². The van der Waals surface area contributed by atoms with E-state index in [0.29, 0.717) is 17.9 Å². The van der Waals surface area contributed by atoms with Crippen molar-refractivity contribution in [2.75, 3.05) is 0 Å². The molecule has 0 aliphatic carbocycles. The van der Waals surface area contributed by atoms with E-state index >= 15 is 0 Å². The molecule has 0 bridgehead atoms. The zero-order valence-corrected chi connectivity index (χ0v) is 11.9. The van der Waals surface area contributed by atoms with Gasteiger partial charge in [0.15, 0.2) is 0 Å². The van der Waals surface area contributed by atoms with Crippen LogP contribution >= 0.6 is 11.8 Å². The molecule has 0 saturated carbocycles. The lowest BCUT2D eigenvalue weighted by Gasteiger charge is -2.06. The predicted octanol–water partition coefficient (Wildman–Crippen LogP) is 3.59. The van der Waals surface area contributed by atoms with Crippen molar-refractivity contribution in [3.05, 3.63) is 58.5 Å². The zero-order valence-electron chi connectivity index (χ0n) is 11.1. The lowest BCUT2D eigenvalue weighted by atomic mass is 10.1. The molecule has 0 aliphatic rings. The van der Waals surface area contributed by atoms with Gasteiger partial charge in [-0.15, -0.1) is 11.8 Å². The molecule has 0 atom stereocenters. The van der Waals surface area contributed by atoms with E-state index < -0.39 is 0 Å². The van der Waals surface area contributed by atoms with E-state index in [1.54, 1.807) is 17.8 Å². The molecule has 2 nitrogen and oxygen atoms in total. The minimum atomic E-state index is -0.195. The highest BCUT2D eigenvalue weighted by molar-refractivity contribution is 7.98. The summed E-state index contributed by atoms with van der Waals surface area (Å²) in [6.45, 7) is 4.37. The van der Waals surface area contributed by atoms with Crippen molar-refractivity contribution < 1.29 is 4.39 Å². The molecule has 0 unspecified atom stereocenters. The average molecular weight is 276 g/mol. The molecular formula is C15H17FN2S. The number of thioether (sulfide) groups is 1. The zero-order chi connectivity index (χ0) is 13.8. The van der Waals surface area contributed by atoms with Gasteiger partial charge in [0, 0.05) is 18.0 Å². The highest BCUT2D eigenvalue weighted by Gasteiger charge is 2.05. The van der Waals surface area contributed by atoms with Crippen LogP contribution < -0.4 is 5.73 Å². The van der Waals surface area contributed by atoms with Crippen LogP contribution in [0.5, 0.6) is 0 Å². The van der Waals surface area contributed by atoms with E-state index in [4.69, 9.17) is 5.73 Å². The largest absolute Gasteiger partial charge is 0.326 e. The van der Waals surface area contributed by atoms with Crippen LogP contribution in [0.4, 0.5) is 4.39 Å². The van der Waals surface area contributed by atoms with E-state index in [1.807, 2.05) is 32.0 Å². The third-order valence-electron chi connectivity index (χ3n) is 2.80. The summed E-state index contributed by atoms with van der Waals surface area (Å²) in [5, 5.41) is 0.930. The molecule has 2 N–H and O–H groups in total. The fraction of sp³-hybridized carbons (Fsp3) is 0.267. The summed E-state index contributed by atoms with van der Waals surface area (Å²) in [6.07, 6.45) is 0. The normalized spacial score (nSPS) is 10.7. The van der Waals surface area contributed by atoms with Crippen molar-refractivity contribution >= 4 is 11.8 Å². The van der Waals surface area contributed by atoms with E-state index in [2.05, 4.69) is 4.98 Å². The summed E-state index contributed by atoms with van der Waals surface area (Å²) in [7, 11) is 0. The van der Waals surface area contributed by atoms with Crippen LogP contribution in [0.15, 0.2) is 35.4 Å². The van der Waals surface area contributed by atoms with Gasteiger partial charge < -0.3 is 5.73 Å². The molecule has 0 amide bonds. The predicted molar refractivity (Wildman–Crippen MR) is 77.6 cm³/mol. The molecule has 2 aromatic rings. The molecular weight excluding hydrogens is 259 g/mol. The number of aryl methyl sites for hydroxylation is 2. The van der Waals surface area contributed by atoms with Crippen molar-refractivity contribution in [1.29, 1.82) is 0 Å². The number of rotatable bonds is 4. The molecule has 1 heterocycles. The number of hydrogen-bond acceptors (Lipinski definition) is 3. The minimum absolute atomic E-state index is 0.195. The summed E-state index contributed by atoms with van der Waals surface area (Å²) in [5.74, 6) is 0.381. The van der Waals surface area contributed by atoms with E-state index in [-0.39, 0.29) is 5.82 Å². The van der Waals surface area contributed by atoms with Crippen LogP contribution in [0.2, 0.25) is 0 Å². The van der Waals surface area contributed by atoms with Crippen molar-refractivity contribution in [2.45, 2.75) is 31.2 Å². The monoisotopic (exact) mass is 276 g/mol. The van der Waals surface area contributed by atoms with E-state index in [9.17, 15) is 4.39 Å². The van der Waals surface area contributed by atoms with Gasteiger partial charge in [0.1, 0.15) is 5.82 Å². The Bertz CT molecular complexity index is 564. The average Bonchev–Trinajstić information content (AvgIpc) is 2.36. The maximum atomic E-state index is 13.8. The Balaban J connectivity index is 2.10. The maximum absolute atomic E-state index is 13.8. The van der Waals surface area contributed by atoms with Crippen LogP contribution in [0, 0.1) is 19.7 Å². The summed E-state index contributed by atoms with van der Waals surface area (Å²) in [4.78, 5) is 4.43. The van der Waals surface area contributed by atoms with Crippen LogP contribution in [-0.2, 0) is 12.3 Å². The van der Waals surface area contributed by atoms with Gasteiger partial charge >= 0.3 is 0 Å². The smallest absolute Gasteiger partial charge is 0.127 e. The van der Waals surface area contributed by atoms with Gasteiger partial charge in [-0.25, -0.2) is 9.37 Å². The number of pyridine rings is 1. The van der Waals surface area contributed by atoms with Gasteiger partial charge in [0.25, 0.3) is 0 Å². The first-order valence-electron chi connectivity index (χ1n) is 6.14. The SMILES string of the molecule is Cc1cc(C)nc(SCc2ccc(CN)cc2F)c1. The fourth-order valence-electron chi connectivity index (χ4n) is 1.86. The van der Waals surface area contributed by atoms with Crippen molar-refractivity contribution in [1.82, 2.24) is 4.98 Å². The van der Waals surface area contributed by atoms with Crippen molar-refractivity contribution in [3.63, 3.8) is 0 Å². The number of benzene rings is 1.